The van der Waals surface area contributed by atoms with Crippen LogP contribution in [-0.4, -0.2) is 71.4 Å². The predicted octanol–water partition coefficient (Wildman–Crippen LogP) is 3.73. The van der Waals surface area contributed by atoms with Crippen LogP contribution in [0.3, 0.4) is 0 Å². The molecular weight excluding hydrogens is 627 g/mol. The molecule has 4 amide bonds. The Morgan fingerprint density at radius 3 is 2.42 bits per heavy atom. The van der Waals surface area contributed by atoms with Crippen LogP contribution in [0, 0.1) is 17.8 Å². The van der Waals surface area contributed by atoms with Gasteiger partial charge >= 0.3 is 5.97 Å². The number of carbonyl (C=O) groups excluding carboxylic acids is 4. The third kappa shape index (κ3) is 3.42. The van der Waals surface area contributed by atoms with Gasteiger partial charge in [-0.2, -0.15) is 0 Å². The second kappa shape index (κ2) is 9.29. The van der Waals surface area contributed by atoms with Crippen LogP contribution in [0.4, 0.5) is 0 Å². The minimum Gasteiger partial charge on any atom is -0.507 e. The zero-order chi connectivity index (χ0) is 28.7. The fraction of sp³-hybridized carbons (Fsp3) is 0.393. The van der Waals surface area contributed by atoms with Crippen molar-refractivity contribution in [3.8, 4) is 5.75 Å². The maximum atomic E-state index is 13.9. The topological polar surface area (TPSA) is 132 Å². The molecule has 6 unspecified atom stereocenters. The molecule has 2 aromatic carbocycles. The van der Waals surface area contributed by atoms with Crippen molar-refractivity contribution >= 4 is 79.5 Å². The number of carbonyl (C=O) groups is 5. The van der Waals surface area contributed by atoms with Crippen molar-refractivity contribution in [2.24, 2.45) is 17.8 Å². The molecule has 12 heteroatoms. The number of likely N-dealkylation sites (tertiary alicyclic amines) is 2. The molecule has 6 atom stereocenters. The molecule has 40 heavy (non-hydrogen) atoms. The maximum absolute atomic E-state index is 13.9. The van der Waals surface area contributed by atoms with Gasteiger partial charge in [0.15, 0.2) is 9.75 Å². The first-order valence-electron chi connectivity index (χ1n) is 12.7. The average Bonchev–Trinajstić information content (AvgIpc) is 3.25. The minimum atomic E-state index is -2.02. The molecule has 4 aliphatic rings. The Morgan fingerprint density at radius 2 is 1.73 bits per heavy atom. The second-order valence-electron chi connectivity index (χ2n) is 10.7. The van der Waals surface area contributed by atoms with Crippen LogP contribution in [0.1, 0.15) is 30.7 Å². The number of hydrogen-bond acceptors (Lipinski definition) is 6. The molecule has 2 heterocycles. The van der Waals surface area contributed by atoms with Crippen molar-refractivity contribution in [1.29, 1.82) is 0 Å². The molecule has 0 aromatic heterocycles. The van der Waals surface area contributed by atoms with Gasteiger partial charge in [-0.3, -0.25) is 33.8 Å². The number of aromatic hydroxyl groups is 1. The Kier molecular flexibility index (Phi) is 6.32. The summed E-state index contributed by atoms with van der Waals surface area (Å²) in [5, 5.41) is 21.9. The lowest BCUT2D eigenvalue weighted by atomic mass is 9.56. The van der Waals surface area contributed by atoms with E-state index >= 15 is 0 Å². The summed E-state index contributed by atoms with van der Waals surface area (Å²) < 4.78 is 0. The SMILES string of the molecule is O=C(O)CCN1C(=O)C2CC=C3C(CC4(Cl)C(=O)N(CBr)C(=O)C4(Cl)C3c3ccc4ccccc4c3O)C2C1=O. The lowest BCUT2D eigenvalue weighted by molar-refractivity contribution is -0.143. The van der Waals surface area contributed by atoms with Gasteiger partial charge in [-0.15, -0.1) is 23.2 Å². The van der Waals surface area contributed by atoms with Crippen molar-refractivity contribution in [3.63, 3.8) is 0 Å². The Morgan fingerprint density at radius 1 is 1.00 bits per heavy atom. The summed E-state index contributed by atoms with van der Waals surface area (Å²) in [5.41, 5.74) is 0.683. The van der Waals surface area contributed by atoms with E-state index in [1.54, 1.807) is 30.3 Å². The van der Waals surface area contributed by atoms with Crippen molar-refractivity contribution in [3.05, 3.63) is 53.6 Å². The number of allylic oxidation sites excluding steroid dienone is 2. The first-order chi connectivity index (χ1) is 19.0. The molecule has 0 spiro atoms. The van der Waals surface area contributed by atoms with E-state index in [1.807, 2.05) is 12.1 Å². The maximum Gasteiger partial charge on any atom is 0.305 e. The van der Waals surface area contributed by atoms with Crippen LogP contribution in [-0.2, 0) is 24.0 Å². The van der Waals surface area contributed by atoms with Crippen LogP contribution in [0.25, 0.3) is 10.8 Å². The van der Waals surface area contributed by atoms with Crippen LogP contribution in [0.2, 0.25) is 0 Å². The number of imide groups is 2. The van der Waals surface area contributed by atoms with Gasteiger partial charge in [0.05, 0.1) is 23.7 Å². The van der Waals surface area contributed by atoms with E-state index in [0.29, 0.717) is 11.0 Å². The number of rotatable bonds is 5. The average molecular weight is 650 g/mol. The highest BCUT2D eigenvalue weighted by atomic mass is 79.9. The fourth-order valence-corrected chi connectivity index (χ4v) is 8.51. The van der Waals surface area contributed by atoms with Crippen LogP contribution in [0.5, 0.6) is 5.75 Å². The van der Waals surface area contributed by atoms with Gasteiger partial charge in [-0.25, -0.2) is 0 Å². The molecule has 9 nitrogen and oxygen atoms in total. The van der Waals surface area contributed by atoms with Crippen LogP contribution in [0.15, 0.2) is 48.0 Å². The quantitative estimate of drug-likeness (QED) is 0.218. The summed E-state index contributed by atoms with van der Waals surface area (Å²) in [6.45, 7) is -0.267. The Balaban J connectivity index is 1.55. The summed E-state index contributed by atoms with van der Waals surface area (Å²) in [6.07, 6.45) is 1.34. The molecule has 2 N–H and O–H groups in total. The summed E-state index contributed by atoms with van der Waals surface area (Å²) in [6, 6.07) is 10.5. The molecule has 208 valence electrons. The number of halogens is 3. The molecule has 6 rings (SSSR count). The summed E-state index contributed by atoms with van der Waals surface area (Å²) in [5.74, 6) is -7.24. The largest absolute Gasteiger partial charge is 0.507 e. The number of benzene rings is 2. The molecule has 3 fully saturated rings. The minimum absolute atomic E-state index is 0.125. The van der Waals surface area contributed by atoms with Gasteiger partial charge in [0.2, 0.25) is 11.8 Å². The molecule has 1 saturated carbocycles. The summed E-state index contributed by atoms with van der Waals surface area (Å²) >= 11 is 17.6. The van der Waals surface area contributed by atoms with Crippen LogP contribution >= 0.6 is 39.1 Å². The first-order valence-corrected chi connectivity index (χ1v) is 14.6. The Hall–Kier alpha value is -2.95. The molecule has 2 aromatic rings. The molecule has 2 aliphatic carbocycles. The van der Waals surface area contributed by atoms with E-state index in [1.165, 1.54) is 0 Å². The number of amides is 4. The summed E-state index contributed by atoms with van der Waals surface area (Å²) in [4.78, 5) is 63.5. The van der Waals surface area contributed by atoms with Gasteiger partial charge in [0.25, 0.3) is 11.8 Å². The smallest absolute Gasteiger partial charge is 0.305 e. The molecule has 0 bridgehead atoms. The zero-order valence-electron chi connectivity index (χ0n) is 20.9. The van der Waals surface area contributed by atoms with E-state index in [9.17, 15) is 29.1 Å². The predicted molar refractivity (Wildman–Crippen MR) is 148 cm³/mol. The first kappa shape index (κ1) is 27.2. The van der Waals surface area contributed by atoms with Gasteiger partial charge in [0.1, 0.15) is 5.75 Å². The molecule has 2 saturated heterocycles. The molecule has 2 aliphatic heterocycles. The Bertz CT molecular complexity index is 1560. The van der Waals surface area contributed by atoms with E-state index in [0.717, 1.165) is 15.2 Å². The van der Waals surface area contributed by atoms with Crippen LogP contribution < -0.4 is 0 Å². The normalized spacial score (nSPS) is 33.2. The lowest BCUT2D eigenvalue weighted by Gasteiger charge is -2.50. The standard InChI is InChI=1S/C28H23BrCl2N2O7/c29-12-33-25(39)27(30)11-18-15(7-8-16-20(18)24(38)32(23(16)37)10-9-19(34)35)21(28(27,31)26(33)40)17-6-5-13-3-1-2-4-14(13)22(17)36/h1-7,16,18,20-21,36H,8-12H2,(H,34,35). The highest BCUT2D eigenvalue weighted by Crippen LogP contribution is 2.66. The number of phenolic OH excluding ortho intramolecular Hbond substituents is 1. The van der Waals surface area contributed by atoms with Crippen molar-refractivity contribution < 1.29 is 34.2 Å². The highest BCUT2D eigenvalue weighted by molar-refractivity contribution is 9.09. The van der Waals surface area contributed by atoms with Gasteiger partial charge in [-0.05, 0) is 24.1 Å². The number of nitrogens with zero attached hydrogens (tertiary/aromatic N) is 2. The van der Waals surface area contributed by atoms with E-state index in [4.69, 9.17) is 28.3 Å². The van der Waals surface area contributed by atoms with E-state index in [2.05, 4.69) is 15.9 Å². The lowest BCUT2D eigenvalue weighted by Crippen LogP contribution is -2.60. The summed E-state index contributed by atoms with van der Waals surface area (Å²) in [7, 11) is 0. The van der Waals surface area contributed by atoms with Gasteiger partial charge in [0, 0.05) is 23.4 Å². The Labute approximate surface area is 246 Å². The van der Waals surface area contributed by atoms with Gasteiger partial charge < -0.3 is 10.2 Å². The van der Waals surface area contributed by atoms with E-state index in [-0.39, 0.29) is 36.2 Å². The third-order valence-electron chi connectivity index (χ3n) is 8.90. The fourth-order valence-electron chi connectivity index (χ4n) is 7.10. The van der Waals surface area contributed by atoms with Gasteiger partial charge in [-0.1, -0.05) is 64.0 Å². The van der Waals surface area contributed by atoms with E-state index < -0.39 is 69.4 Å². The number of carboxylic acids is 1. The molecule has 0 radical (unpaired) electrons. The third-order valence-corrected chi connectivity index (χ3v) is 10.8. The highest BCUT2D eigenvalue weighted by Gasteiger charge is 2.76. The number of aliphatic carboxylic acids is 1. The number of alkyl halides is 3. The number of carboxylic acid groups (broad SMARTS) is 1. The van der Waals surface area contributed by atoms with Crippen molar-refractivity contribution in [2.45, 2.75) is 34.9 Å². The van der Waals surface area contributed by atoms with Crippen molar-refractivity contribution in [1.82, 2.24) is 9.80 Å². The second-order valence-corrected chi connectivity index (χ2v) is 12.4. The number of hydrogen-bond donors (Lipinski definition) is 2. The monoisotopic (exact) mass is 648 g/mol. The van der Waals surface area contributed by atoms with Crippen molar-refractivity contribution in [2.75, 3.05) is 12.0 Å². The zero-order valence-corrected chi connectivity index (χ0v) is 23.9. The molecular formula is C28H23BrCl2N2O7. The number of phenols is 1. The number of fused-ring (bicyclic) bond motifs is 5.